The predicted molar refractivity (Wildman–Crippen MR) is 82.2 cm³/mol. The summed E-state index contributed by atoms with van der Waals surface area (Å²) in [6, 6.07) is 11.3. The average Bonchev–Trinajstić information content (AvgIpc) is 2.91. The maximum atomic E-state index is 12.1. The highest BCUT2D eigenvalue weighted by molar-refractivity contribution is 7.13. The van der Waals surface area contributed by atoms with Gasteiger partial charge in [-0.1, -0.05) is 31.2 Å². The summed E-state index contributed by atoms with van der Waals surface area (Å²) in [4.78, 5) is 13.9. The Balaban J connectivity index is 2.09. The average molecular weight is 289 g/mol. The first-order valence-corrected chi connectivity index (χ1v) is 7.52. The number of nitrogens with one attached hydrogen (secondary N) is 1. The number of hydrogen-bond acceptors (Lipinski definition) is 3. The van der Waals surface area contributed by atoms with Crippen LogP contribution in [0.1, 0.15) is 38.6 Å². The Labute approximate surface area is 123 Å². The maximum Gasteiger partial charge on any atom is 0.261 e. The Bertz CT molecular complexity index is 574. The van der Waals surface area contributed by atoms with Crippen LogP contribution >= 0.6 is 11.3 Å². The van der Waals surface area contributed by atoms with Gasteiger partial charge in [0.1, 0.15) is 0 Å². The van der Waals surface area contributed by atoms with Crippen LogP contribution in [0.3, 0.4) is 0 Å². The number of thiophene rings is 1. The monoisotopic (exact) mass is 289 g/mol. The summed E-state index contributed by atoms with van der Waals surface area (Å²) < 4.78 is 0. The third kappa shape index (κ3) is 3.46. The Kier molecular flexibility index (Phi) is 4.93. The van der Waals surface area contributed by atoms with Crippen LogP contribution in [0.15, 0.2) is 36.4 Å². The summed E-state index contributed by atoms with van der Waals surface area (Å²) in [7, 11) is 0. The number of carbonyl (C=O) groups excluding carboxylic acids is 1. The minimum atomic E-state index is -0.365. The van der Waals surface area contributed by atoms with Gasteiger partial charge in [0.15, 0.2) is 0 Å². The maximum absolute atomic E-state index is 12.1. The molecule has 2 aromatic rings. The number of aliphatic hydroxyl groups is 1. The van der Waals surface area contributed by atoms with Gasteiger partial charge in [0, 0.05) is 4.88 Å². The summed E-state index contributed by atoms with van der Waals surface area (Å²) in [6.07, 6.45) is 0.977. The molecule has 3 nitrogen and oxygen atoms in total. The van der Waals surface area contributed by atoms with Gasteiger partial charge in [0.2, 0.25) is 0 Å². The second-order valence-corrected chi connectivity index (χ2v) is 6.00. The molecule has 106 valence electrons. The van der Waals surface area contributed by atoms with Crippen molar-refractivity contribution in [1.82, 2.24) is 5.32 Å². The summed E-state index contributed by atoms with van der Waals surface area (Å²) in [5.74, 6) is -0.137. The molecule has 0 saturated heterocycles. The van der Waals surface area contributed by atoms with Crippen molar-refractivity contribution in [2.45, 2.75) is 26.3 Å². The highest BCUT2D eigenvalue weighted by Gasteiger charge is 2.15. The van der Waals surface area contributed by atoms with Crippen LogP contribution in [0.2, 0.25) is 0 Å². The fourth-order valence-corrected chi connectivity index (χ4v) is 2.78. The number of rotatable bonds is 5. The molecule has 1 atom stereocenters. The van der Waals surface area contributed by atoms with Crippen molar-refractivity contribution in [2.75, 3.05) is 6.61 Å². The van der Waals surface area contributed by atoms with Crippen LogP contribution < -0.4 is 5.32 Å². The number of aliphatic hydroxyl groups excluding tert-OH is 1. The van der Waals surface area contributed by atoms with E-state index in [1.807, 2.05) is 43.3 Å². The summed E-state index contributed by atoms with van der Waals surface area (Å²) in [6.45, 7) is 3.95. The molecule has 0 fully saturated rings. The molecule has 0 aliphatic heterocycles. The zero-order chi connectivity index (χ0) is 14.5. The molecule has 0 saturated carbocycles. The lowest BCUT2D eigenvalue weighted by Crippen LogP contribution is -2.30. The van der Waals surface area contributed by atoms with Gasteiger partial charge < -0.3 is 10.4 Å². The molecular weight excluding hydrogens is 270 g/mol. The molecular formula is C16H19NO2S. The lowest BCUT2D eigenvalue weighted by atomic mass is 10.0. The van der Waals surface area contributed by atoms with Crippen molar-refractivity contribution in [2.24, 2.45) is 0 Å². The Morgan fingerprint density at radius 2 is 1.95 bits per heavy atom. The Hall–Kier alpha value is -1.65. The quantitative estimate of drug-likeness (QED) is 0.888. The molecule has 1 aromatic carbocycles. The smallest absolute Gasteiger partial charge is 0.261 e. The molecule has 0 radical (unpaired) electrons. The van der Waals surface area contributed by atoms with Crippen molar-refractivity contribution < 1.29 is 9.90 Å². The van der Waals surface area contributed by atoms with Gasteiger partial charge in [-0.3, -0.25) is 4.79 Å². The van der Waals surface area contributed by atoms with E-state index in [4.69, 9.17) is 0 Å². The molecule has 4 heteroatoms. The van der Waals surface area contributed by atoms with Crippen molar-refractivity contribution in [1.29, 1.82) is 0 Å². The molecule has 0 aliphatic rings. The molecule has 0 bridgehead atoms. The van der Waals surface area contributed by atoms with Gasteiger partial charge in [-0.25, -0.2) is 0 Å². The molecule has 0 aliphatic carbocycles. The van der Waals surface area contributed by atoms with Crippen LogP contribution in [0, 0.1) is 6.92 Å². The van der Waals surface area contributed by atoms with E-state index in [0.717, 1.165) is 16.9 Å². The number of amides is 1. The van der Waals surface area contributed by atoms with E-state index in [1.54, 1.807) is 0 Å². The Morgan fingerprint density at radius 1 is 1.25 bits per heavy atom. The molecule has 1 unspecified atom stereocenters. The van der Waals surface area contributed by atoms with Crippen molar-refractivity contribution >= 4 is 17.2 Å². The van der Waals surface area contributed by atoms with Gasteiger partial charge in [0.05, 0.1) is 17.5 Å². The van der Waals surface area contributed by atoms with Gasteiger partial charge in [-0.15, -0.1) is 11.3 Å². The molecule has 0 spiro atoms. The first kappa shape index (κ1) is 14.8. The Morgan fingerprint density at radius 3 is 2.45 bits per heavy atom. The first-order chi connectivity index (χ1) is 9.63. The number of carbonyl (C=O) groups is 1. The van der Waals surface area contributed by atoms with E-state index in [-0.39, 0.29) is 18.6 Å². The van der Waals surface area contributed by atoms with Crippen LogP contribution in [0.25, 0.3) is 0 Å². The largest absolute Gasteiger partial charge is 0.394 e. The van der Waals surface area contributed by atoms with E-state index in [0.29, 0.717) is 4.88 Å². The molecule has 2 rings (SSSR count). The van der Waals surface area contributed by atoms with E-state index < -0.39 is 0 Å². The highest BCUT2D eigenvalue weighted by Crippen LogP contribution is 2.18. The minimum Gasteiger partial charge on any atom is -0.394 e. The molecule has 1 amide bonds. The topological polar surface area (TPSA) is 49.3 Å². The van der Waals surface area contributed by atoms with Gasteiger partial charge in [-0.05, 0) is 36.6 Å². The predicted octanol–water partition coefficient (Wildman–Crippen LogP) is 3.08. The van der Waals surface area contributed by atoms with Crippen LogP contribution in [-0.4, -0.2) is 17.6 Å². The SMILES string of the molecule is CCc1ccc(C(CO)NC(=O)c2ccc(C)s2)cc1. The zero-order valence-corrected chi connectivity index (χ0v) is 12.5. The van der Waals surface area contributed by atoms with Crippen molar-refractivity contribution in [3.05, 3.63) is 57.3 Å². The normalized spacial score (nSPS) is 12.2. The number of hydrogen-bond donors (Lipinski definition) is 2. The van der Waals surface area contributed by atoms with Gasteiger partial charge in [0.25, 0.3) is 5.91 Å². The lowest BCUT2D eigenvalue weighted by molar-refractivity contribution is 0.0920. The number of benzene rings is 1. The fraction of sp³-hybridized carbons (Fsp3) is 0.312. The zero-order valence-electron chi connectivity index (χ0n) is 11.7. The molecule has 2 N–H and O–H groups in total. The standard InChI is InChI=1S/C16H19NO2S/c1-3-12-5-7-13(8-6-12)14(10-18)17-16(19)15-9-4-11(2)20-15/h4-9,14,18H,3,10H2,1-2H3,(H,17,19). The van der Waals surface area contributed by atoms with Crippen LogP contribution in [-0.2, 0) is 6.42 Å². The van der Waals surface area contributed by atoms with Crippen molar-refractivity contribution in [3.63, 3.8) is 0 Å². The molecule has 1 heterocycles. The van der Waals surface area contributed by atoms with Gasteiger partial charge >= 0.3 is 0 Å². The van der Waals surface area contributed by atoms with E-state index in [9.17, 15) is 9.90 Å². The molecule has 20 heavy (non-hydrogen) atoms. The highest BCUT2D eigenvalue weighted by atomic mass is 32.1. The van der Waals surface area contributed by atoms with Crippen molar-refractivity contribution in [3.8, 4) is 0 Å². The minimum absolute atomic E-state index is 0.110. The lowest BCUT2D eigenvalue weighted by Gasteiger charge is -2.16. The van der Waals surface area contributed by atoms with Gasteiger partial charge in [-0.2, -0.15) is 0 Å². The number of aryl methyl sites for hydroxylation is 2. The second kappa shape index (κ2) is 6.68. The van der Waals surface area contributed by atoms with E-state index in [1.165, 1.54) is 16.9 Å². The fourth-order valence-electron chi connectivity index (χ4n) is 2.01. The van der Waals surface area contributed by atoms with Crippen LogP contribution in [0.4, 0.5) is 0 Å². The summed E-state index contributed by atoms with van der Waals surface area (Å²) >= 11 is 1.46. The van der Waals surface area contributed by atoms with E-state index in [2.05, 4.69) is 12.2 Å². The van der Waals surface area contributed by atoms with E-state index >= 15 is 0 Å². The van der Waals surface area contributed by atoms with Crippen LogP contribution in [0.5, 0.6) is 0 Å². The molecule has 1 aromatic heterocycles. The third-order valence-corrected chi connectivity index (χ3v) is 4.24. The summed E-state index contributed by atoms with van der Waals surface area (Å²) in [5.41, 5.74) is 2.16. The second-order valence-electron chi connectivity index (χ2n) is 4.71. The summed E-state index contributed by atoms with van der Waals surface area (Å²) in [5, 5.41) is 12.4. The first-order valence-electron chi connectivity index (χ1n) is 6.71. The third-order valence-electron chi connectivity index (χ3n) is 3.24.